The molecular weight excluding hydrogens is 224 g/mol. The lowest BCUT2D eigenvalue weighted by Crippen LogP contribution is -2.28. The smallest absolute Gasteiger partial charge is 0.0548 e. The molecule has 1 N–H and O–H groups in total. The molecule has 1 fully saturated rings. The molecule has 0 amide bonds. The molecule has 1 heterocycles. The molecule has 0 saturated carbocycles. The average molecular weight is 248 g/mol. The van der Waals surface area contributed by atoms with Crippen molar-refractivity contribution in [1.82, 2.24) is 0 Å². The predicted octanol–water partition coefficient (Wildman–Crippen LogP) is 2.93. The summed E-state index contributed by atoms with van der Waals surface area (Å²) in [6.07, 6.45) is 1.87. The fraction of sp³-hybridized carbons (Fsp3) is 0.625. The molecule has 2 rings (SSSR count). The summed E-state index contributed by atoms with van der Waals surface area (Å²) in [6.45, 7) is 8.35. The topological polar surface area (TPSA) is 29.5 Å². The largest absolute Gasteiger partial charge is 0.396 e. The molecule has 0 spiro atoms. The number of hydrogen-bond donors (Lipinski definition) is 1. The average Bonchev–Trinajstić information content (AvgIpc) is 2.78. The van der Waals surface area contributed by atoms with Crippen molar-refractivity contribution in [3.8, 4) is 0 Å². The second kappa shape index (κ2) is 5.02. The molecule has 0 bridgehead atoms. The lowest BCUT2D eigenvalue weighted by molar-refractivity contribution is 0.0935. The van der Waals surface area contributed by atoms with Crippen molar-refractivity contribution < 1.29 is 9.84 Å². The van der Waals surface area contributed by atoms with Gasteiger partial charge in [-0.1, -0.05) is 45.0 Å². The predicted molar refractivity (Wildman–Crippen MR) is 73.8 cm³/mol. The van der Waals surface area contributed by atoms with Gasteiger partial charge in [0.05, 0.1) is 13.2 Å². The molecule has 1 saturated heterocycles. The minimum Gasteiger partial charge on any atom is -0.396 e. The first-order valence-electron chi connectivity index (χ1n) is 6.73. The molecule has 1 atom stereocenters. The van der Waals surface area contributed by atoms with Crippen LogP contribution in [0.2, 0.25) is 0 Å². The molecule has 2 heteroatoms. The molecule has 1 unspecified atom stereocenters. The van der Waals surface area contributed by atoms with E-state index in [1.54, 1.807) is 0 Å². The van der Waals surface area contributed by atoms with Crippen molar-refractivity contribution in [2.45, 2.75) is 39.0 Å². The first kappa shape index (κ1) is 13.6. The molecule has 2 nitrogen and oxygen atoms in total. The van der Waals surface area contributed by atoms with E-state index >= 15 is 0 Å². The van der Waals surface area contributed by atoms with Crippen molar-refractivity contribution in [2.75, 3.05) is 19.8 Å². The van der Waals surface area contributed by atoms with Gasteiger partial charge in [0.1, 0.15) is 0 Å². The van der Waals surface area contributed by atoms with Crippen LogP contribution < -0.4 is 0 Å². The van der Waals surface area contributed by atoms with Gasteiger partial charge in [0, 0.05) is 12.0 Å². The van der Waals surface area contributed by atoms with Crippen molar-refractivity contribution in [3.05, 3.63) is 35.4 Å². The van der Waals surface area contributed by atoms with Gasteiger partial charge >= 0.3 is 0 Å². The van der Waals surface area contributed by atoms with Gasteiger partial charge in [0.2, 0.25) is 0 Å². The van der Waals surface area contributed by atoms with Crippen molar-refractivity contribution in [2.24, 2.45) is 5.41 Å². The Morgan fingerprint density at radius 2 is 1.89 bits per heavy atom. The summed E-state index contributed by atoms with van der Waals surface area (Å²) in [5, 5.41) is 9.58. The maximum absolute atomic E-state index is 9.58. The summed E-state index contributed by atoms with van der Waals surface area (Å²) in [7, 11) is 0. The van der Waals surface area contributed by atoms with Crippen LogP contribution in [0.4, 0.5) is 0 Å². The van der Waals surface area contributed by atoms with E-state index in [0.29, 0.717) is 6.61 Å². The molecule has 1 aromatic rings. The molecule has 0 aromatic heterocycles. The van der Waals surface area contributed by atoms with Crippen molar-refractivity contribution in [3.63, 3.8) is 0 Å². The van der Waals surface area contributed by atoms with Crippen LogP contribution in [0.3, 0.4) is 0 Å². The van der Waals surface area contributed by atoms with Crippen LogP contribution in [-0.2, 0) is 16.6 Å². The quantitative estimate of drug-likeness (QED) is 0.891. The first-order chi connectivity index (χ1) is 8.45. The number of ether oxygens (including phenoxy) is 1. The molecule has 0 aliphatic carbocycles. The number of benzene rings is 1. The summed E-state index contributed by atoms with van der Waals surface area (Å²) < 4.78 is 5.44. The second-order valence-electron chi connectivity index (χ2n) is 6.58. The SMILES string of the molecule is CC(C)(C)c1ccc(CC2(CO)CCOC2)cc1. The lowest BCUT2D eigenvalue weighted by atomic mass is 9.80. The minimum atomic E-state index is -0.0523. The Bertz CT molecular complexity index is 381. The van der Waals surface area contributed by atoms with Crippen LogP contribution in [0.25, 0.3) is 0 Å². The van der Waals surface area contributed by atoms with Crippen molar-refractivity contribution in [1.29, 1.82) is 0 Å². The Balaban J connectivity index is 2.11. The molecule has 0 radical (unpaired) electrons. The summed E-state index contributed by atoms with van der Waals surface area (Å²) in [4.78, 5) is 0. The van der Waals surface area contributed by atoms with E-state index in [1.165, 1.54) is 11.1 Å². The third kappa shape index (κ3) is 2.93. The van der Waals surface area contributed by atoms with E-state index in [0.717, 1.165) is 19.4 Å². The van der Waals surface area contributed by atoms with E-state index in [4.69, 9.17) is 4.74 Å². The Morgan fingerprint density at radius 3 is 2.33 bits per heavy atom. The zero-order valence-corrected chi connectivity index (χ0v) is 11.7. The van der Waals surface area contributed by atoms with Crippen LogP contribution in [0.15, 0.2) is 24.3 Å². The van der Waals surface area contributed by atoms with Gasteiger partial charge in [-0.3, -0.25) is 0 Å². The van der Waals surface area contributed by atoms with Crippen molar-refractivity contribution >= 4 is 0 Å². The number of hydrogen-bond acceptors (Lipinski definition) is 2. The lowest BCUT2D eigenvalue weighted by Gasteiger charge is -2.25. The third-order valence-electron chi connectivity index (χ3n) is 3.92. The monoisotopic (exact) mass is 248 g/mol. The van der Waals surface area contributed by atoms with Crippen LogP contribution >= 0.6 is 0 Å². The van der Waals surface area contributed by atoms with Gasteiger partial charge in [-0.2, -0.15) is 0 Å². The Morgan fingerprint density at radius 1 is 1.22 bits per heavy atom. The number of aliphatic hydroxyl groups is 1. The van der Waals surface area contributed by atoms with E-state index in [2.05, 4.69) is 45.0 Å². The summed E-state index contributed by atoms with van der Waals surface area (Å²) in [5.74, 6) is 0. The third-order valence-corrected chi connectivity index (χ3v) is 3.92. The van der Waals surface area contributed by atoms with Gasteiger partial charge in [-0.15, -0.1) is 0 Å². The van der Waals surface area contributed by atoms with Gasteiger partial charge in [-0.25, -0.2) is 0 Å². The number of rotatable bonds is 3. The van der Waals surface area contributed by atoms with Crippen LogP contribution in [-0.4, -0.2) is 24.9 Å². The normalized spacial score (nSPS) is 24.4. The highest BCUT2D eigenvalue weighted by Gasteiger charge is 2.34. The highest BCUT2D eigenvalue weighted by Crippen LogP contribution is 2.32. The zero-order chi connectivity index (χ0) is 13.2. The molecular formula is C16H24O2. The Labute approximate surface area is 110 Å². The van der Waals surface area contributed by atoms with Gasteiger partial charge in [-0.05, 0) is 29.4 Å². The van der Waals surface area contributed by atoms with Gasteiger partial charge in [0.15, 0.2) is 0 Å². The Hall–Kier alpha value is -0.860. The molecule has 1 aliphatic rings. The van der Waals surface area contributed by atoms with Crippen LogP contribution in [0.1, 0.15) is 38.3 Å². The maximum Gasteiger partial charge on any atom is 0.0548 e. The number of aliphatic hydroxyl groups excluding tert-OH is 1. The maximum atomic E-state index is 9.58. The highest BCUT2D eigenvalue weighted by atomic mass is 16.5. The molecule has 1 aromatic carbocycles. The first-order valence-corrected chi connectivity index (χ1v) is 6.73. The summed E-state index contributed by atoms with van der Waals surface area (Å²) >= 11 is 0. The van der Waals surface area contributed by atoms with Crippen LogP contribution in [0.5, 0.6) is 0 Å². The van der Waals surface area contributed by atoms with Gasteiger partial charge < -0.3 is 9.84 Å². The van der Waals surface area contributed by atoms with E-state index < -0.39 is 0 Å². The molecule has 18 heavy (non-hydrogen) atoms. The van der Waals surface area contributed by atoms with E-state index in [-0.39, 0.29) is 17.4 Å². The molecule has 1 aliphatic heterocycles. The Kier molecular flexibility index (Phi) is 3.79. The van der Waals surface area contributed by atoms with E-state index in [1.807, 2.05) is 0 Å². The minimum absolute atomic E-state index is 0.0523. The van der Waals surface area contributed by atoms with Gasteiger partial charge in [0.25, 0.3) is 0 Å². The van der Waals surface area contributed by atoms with E-state index in [9.17, 15) is 5.11 Å². The standard InChI is InChI=1S/C16H24O2/c1-15(2,3)14-6-4-13(5-7-14)10-16(11-17)8-9-18-12-16/h4-7,17H,8-12H2,1-3H3. The molecule has 100 valence electrons. The highest BCUT2D eigenvalue weighted by molar-refractivity contribution is 5.28. The van der Waals surface area contributed by atoms with Crippen LogP contribution in [0, 0.1) is 5.41 Å². The fourth-order valence-corrected chi connectivity index (χ4v) is 2.53. The second-order valence-corrected chi connectivity index (χ2v) is 6.58. The fourth-order valence-electron chi connectivity index (χ4n) is 2.53. The zero-order valence-electron chi connectivity index (χ0n) is 11.7. The summed E-state index contributed by atoms with van der Waals surface area (Å²) in [6, 6.07) is 8.79. The summed E-state index contributed by atoms with van der Waals surface area (Å²) in [5.41, 5.74) is 2.79.